The molecule has 0 saturated carbocycles. The van der Waals surface area contributed by atoms with Crippen molar-refractivity contribution < 1.29 is 13.9 Å². The molecule has 1 aliphatic rings. The molecule has 1 aromatic carbocycles. The molecule has 0 aliphatic carbocycles. The van der Waals surface area contributed by atoms with Gasteiger partial charge >= 0.3 is 0 Å². The number of amides is 1. The number of carbonyl (C=O) groups excluding carboxylic acids is 1. The first-order chi connectivity index (χ1) is 9.02. The third kappa shape index (κ3) is 2.72. The number of piperazine rings is 1. The fourth-order valence-corrected chi connectivity index (χ4v) is 2.24. The molecule has 2 rings (SSSR count). The summed E-state index contributed by atoms with van der Waals surface area (Å²) in [7, 11) is 1.50. The molecule has 1 fully saturated rings. The van der Waals surface area contributed by atoms with Gasteiger partial charge in [0, 0.05) is 45.2 Å². The number of rotatable bonds is 2. The minimum atomic E-state index is -0.366. The van der Waals surface area contributed by atoms with E-state index in [1.54, 1.807) is 17.9 Å². The Kier molecular flexibility index (Phi) is 3.78. The van der Waals surface area contributed by atoms with Crippen LogP contribution in [0.1, 0.15) is 6.92 Å². The Labute approximate surface area is 111 Å². The maximum absolute atomic E-state index is 13.9. The molecule has 5 nitrogen and oxygen atoms in total. The molecule has 1 amide bonds. The van der Waals surface area contributed by atoms with Crippen molar-refractivity contribution in [3.63, 3.8) is 0 Å². The van der Waals surface area contributed by atoms with Crippen LogP contribution in [0.25, 0.3) is 0 Å². The van der Waals surface area contributed by atoms with E-state index in [0.29, 0.717) is 37.6 Å². The monoisotopic (exact) mass is 267 g/mol. The number of ether oxygens (including phenoxy) is 1. The maximum Gasteiger partial charge on any atom is 0.219 e. The predicted molar refractivity (Wildman–Crippen MR) is 71.8 cm³/mol. The van der Waals surface area contributed by atoms with Gasteiger partial charge < -0.3 is 20.3 Å². The summed E-state index contributed by atoms with van der Waals surface area (Å²) in [5.41, 5.74) is 6.41. The van der Waals surface area contributed by atoms with Crippen molar-refractivity contribution in [2.45, 2.75) is 6.92 Å². The van der Waals surface area contributed by atoms with Crippen LogP contribution in [-0.4, -0.2) is 44.1 Å². The molecular formula is C13H18FN3O2. The molecule has 104 valence electrons. The molecule has 1 heterocycles. The summed E-state index contributed by atoms with van der Waals surface area (Å²) in [4.78, 5) is 14.9. The first kappa shape index (κ1) is 13.5. The average Bonchev–Trinajstić information content (AvgIpc) is 2.39. The van der Waals surface area contributed by atoms with Crippen LogP contribution in [0.5, 0.6) is 5.75 Å². The van der Waals surface area contributed by atoms with Crippen LogP contribution >= 0.6 is 0 Å². The SMILES string of the molecule is COc1cc(N2CCN(C(C)=O)CC2)c(F)cc1N. The van der Waals surface area contributed by atoms with Gasteiger partial charge in [0.05, 0.1) is 18.5 Å². The number of anilines is 2. The Bertz CT molecular complexity index is 485. The molecule has 0 aromatic heterocycles. The van der Waals surface area contributed by atoms with Crippen LogP contribution in [0.3, 0.4) is 0 Å². The molecule has 0 spiro atoms. The zero-order valence-electron chi connectivity index (χ0n) is 11.1. The fraction of sp³-hybridized carbons (Fsp3) is 0.462. The van der Waals surface area contributed by atoms with E-state index in [1.165, 1.54) is 13.2 Å². The molecule has 0 radical (unpaired) electrons. The van der Waals surface area contributed by atoms with Gasteiger partial charge in [0.25, 0.3) is 0 Å². The number of hydrogen-bond donors (Lipinski definition) is 1. The van der Waals surface area contributed by atoms with Crippen LogP contribution in [0.4, 0.5) is 15.8 Å². The van der Waals surface area contributed by atoms with Crippen molar-refractivity contribution in [1.29, 1.82) is 0 Å². The van der Waals surface area contributed by atoms with E-state index in [2.05, 4.69) is 0 Å². The first-order valence-corrected chi connectivity index (χ1v) is 6.16. The molecule has 1 aliphatic heterocycles. The molecule has 0 atom stereocenters. The highest BCUT2D eigenvalue weighted by molar-refractivity contribution is 5.73. The molecule has 1 aromatic rings. The molecule has 0 bridgehead atoms. The smallest absolute Gasteiger partial charge is 0.219 e. The van der Waals surface area contributed by atoms with Crippen LogP contribution < -0.4 is 15.4 Å². The minimum absolute atomic E-state index is 0.0509. The lowest BCUT2D eigenvalue weighted by Gasteiger charge is -2.35. The van der Waals surface area contributed by atoms with Crippen LogP contribution in [-0.2, 0) is 4.79 Å². The third-order valence-electron chi connectivity index (χ3n) is 3.36. The van der Waals surface area contributed by atoms with Crippen molar-refractivity contribution in [1.82, 2.24) is 4.90 Å². The Morgan fingerprint density at radius 2 is 1.95 bits per heavy atom. The molecule has 0 unspecified atom stereocenters. The van der Waals surface area contributed by atoms with Gasteiger partial charge in [-0.25, -0.2) is 4.39 Å². The van der Waals surface area contributed by atoms with Crippen molar-refractivity contribution in [3.05, 3.63) is 17.9 Å². The summed E-state index contributed by atoms with van der Waals surface area (Å²) in [6.07, 6.45) is 0. The lowest BCUT2D eigenvalue weighted by molar-refractivity contribution is -0.129. The van der Waals surface area contributed by atoms with E-state index in [1.807, 2.05) is 4.90 Å². The van der Waals surface area contributed by atoms with E-state index < -0.39 is 0 Å². The topological polar surface area (TPSA) is 58.8 Å². The Hall–Kier alpha value is -1.98. The van der Waals surface area contributed by atoms with Gasteiger partial charge in [-0.2, -0.15) is 0 Å². The van der Waals surface area contributed by atoms with E-state index in [9.17, 15) is 9.18 Å². The van der Waals surface area contributed by atoms with Crippen molar-refractivity contribution >= 4 is 17.3 Å². The highest BCUT2D eigenvalue weighted by Gasteiger charge is 2.21. The van der Waals surface area contributed by atoms with Crippen LogP contribution in [0.15, 0.2) is 12.1 Å². The second-order valence-electron chi connectivity index (χ2n) is 4.54. The fourth-order valence-electron chi connectivity index (χ4n) is 2.24. The standard InChI is InChI=1S/C13H18FN3O2/c1-9(18)16-3-5-17(6-4-16)12-8-13(19-2)11(15)7-10(12)14/h7-8H,3-6,15H2,1-2H3. The van der Waals surface area contributed by atoms with E-state index in [4.69, 9.17) is 10.5 Å². The zero-order valence-corrected chi connectivity index (χ0v) is 11.1. The van der Waals surface area contributed by atoms with E-state index >= 15 is 0 Å². The minimum Gasteiger partial charge on any atom is -0.495 e. The van der Waals surface area contributed by atoms with E-state index in [-0.39, 0.29) is 17.4 Å². The van der Waals surface area contributed by atoms with Crippen molar-refractivity contribution in [2.24, 2.45) is 0 Å². The van der Waals surface area contributed by atoms with E-state index in [0.717, 1.165) is 0 Å². The Morgan fingerprint density at radius 3 is 2.47 bits per heavy atom. The van der Waals surface area contributed by atoms with Gasteiger partial charge in [0.2, 0.25) is 5.91 Å². The summed E-state index contributed by atoms with van der Waals surface area (Å²) in [6, 6.07) is 2.87. The number of halogens is 1. The van der Waals surface area contributed by atoms with Gasteiger partial charge in [-0.05, 0) is 0 Å². The van der Waals surface area contributed by atoms with Crippen LogP contribution in [0, 0.1) is 5.82 Å². The summed E-state index contributed by atoms with van der Waals surface area (Å²) in [5.74, 6) is 0.148. The highest BCUT2D eigenvalue weighted by Crippen LogP contribution is 2.31. The second kappa shape index (κ2) is 5.34. The third-order valence-corrected chi connectivity index (χ3v) is 3.36. The predicted octanol–water partition coefficient (Wildman–Crippen LogP) is 1.08. The largest absolute Gasteiger partial charge is 0.495 e. The molecule has 19 heavy (non-hydrogen) atoms. The summed E-state index contributed by atoms with van der Waals surface area (Å²) in [6.45, 7) is 3.94. The summed E-state index contributed by atoms with van der Waals surface area (Å²) < 4.78 is 19.1. The Morgan fingerprint density at radius 1 is 1.32 bits per heavy atom. The van der Waals surface area contributed by atoms with Gasteiger partial charge in [0.1, 0.15) is 11.6 Å². The number of nitrogens with zero attached hydrogens (tertiary/aromatic N) is 2. The normalized spacial score (nSPS) is 15.5. The molecule has 2 N–H and O–H groups in total. The number of carbonyl (C=O) groups is 1. The quantitative estimate of drug-likeness (QED) is 0.815. The molecular weight excluding hydrogens is 249 g/mol. The van der Waals surface area contributed by atoms with Gasteiger partial charge in [-0.3, -0.25) is 4.79 Å². The maximum atomic E-state index is 13.9. The Balaban J connectivity index is 2.17. The molecule has 1 saturated heterocycles. The molecule has 6 heteroatoms. The lowest BCUT2D eigenvalue weighted by atomic mass is 10.2. The first-order valence-electron chi connectivity index (χ1n) is 6.16. The zero-order chi connectivity index (χ0) is 14.0. The summed E-state index contributed by atoms with van der Waals surface area (Å²) >= 11 is 0. The van der Waals surface area contributed by atoms with Crippen LogP contribution in [0.2, 0.25) is 0 Å². The highest BCUT2D eigenvalue weighted by atomic mass is 19.1. The number of nitrogens with two attached hydrogens (primary N) is 1. The number of methoxy groups -OCH3 is 1. The lowest BCUT2D eigenvalue weighted by Crippen LogP contribution is -2.48. The second-order valence-corrected chi connectivity index (χ2v) is 4.54. The average molecular weight is 267 g/mol. The summed E-state index contributed by atoms with van der Waals surface area (Å²) in [5, 5.41) is 0. The number of hydrogen-bond acceptors (Lipinski definition) is 4. The van der Waals surface area contributed by atoms with Crippen molar-refractivity contribution in [3.8, 4) is 5.75 Å². The van der Waals surface area contributed by atoms with Gasteiger partial charge in [-0.1, -0.05) is 0 Å². The van der Waals surface area contributed by atoms with Gasteiger partial charge in [-0.15, -0.1) is 0 Å². The number of nitrogen functional groups attached to an aromatic ring is 1. The van der Waals surface area contributed by atoms with Gasteiger partial charge in [0.15, 0.2) is 0 Å². The number of benzene rings is 1. The van der Waals surface area contributed by atoms with Crippen molar-refractivity contribution in [2.75, 3.05) is 43.9 Å².